The van der Waals surface area contributed by atoms with Gasteiger partial charge in [-0.3, -0.25) is 4.98 Å². The van der Waals surface area contributed by atoms with E-state index in [9.17, 15) is 0 Å². The molecule has 5 heteroatoms. The highest BCUT2D eigenvalue weighted by molar-refractivity contribution is 7.09. The molecule has 0 atom stereocenters. The topological polar surface area (TPSA) is 51.8 Å². The van der Waals surface area contributed by atoms with E-state index in [2.05, 4.69) is 9.36 Å². The van der Waals surface area contributed by atoms with E-state index >= 15 is 0 Å². The summed E-state index contributed by atoms with van der Waals surface area (Å²) in [5.41, 5.74) is 9.34. The van der Waals surface area contributed by atoms with Crippen LogP contribution in [0.5, 0.6) is 0 Å². The van der Waals surface area contributed by atoms with Gasteiger partial charge in [-0.1, -0.05) is 17.7 Å². The summed E-state index contributed by atoms with van der Waals surface area (Å²) in [7, 11) is 0. The molecule has 3 nitrogen and oxygen atoms in total. The Kier molecular flexibility index (Phi) is 3.19. The van der Waals surface area contributed by atoms with Gasteiger partial charge >= 0.3 is 0 Å². The molecule has 0 saturated carbocycles. The van der Waals surface area contributed by atoms with Crippen LogP contribution in [0.2, 0.25) is 5.02 Å². The number of nitrogens with zero attached hydrogens (tertiary/aromatic N) is 2. The maximum Gasteiger partial charge on any atom is 0.0723 e. The first-order chi connectivity index (χ1) is 9.25. The van der Waals surface area contributed by atoms with Gasteiger partial charge < -0.3 is 5.73 Å². The standard InChI is InChI=1S/C14H10ClN3S/c15-11-7-10(13-3-1-2-5-17-13)12(16)8-9(11)14-4-6-18-19-14/h1-8H,16H2. The lowest BCUT2D eigenvalue weighted by molar-refractivity contribution is 1.33. The van der Waals surface area contributed by atoms with Gasteiger partial charge in [-0.2, -0.15) is 0 Å². The number of pyridine rings is 1. The van der Waals surface area contributed by atoms with Crippen LogP contribution in [0.15, 0.2) is 48.8 Å². The number of hydrogen-bond donors (Lipinski definition) is 1. The van der Waals surface area contributed by atoms with Crippen molar-refractivity contribution < 1.29 is 0 Å². The highest BCUT2D eigenvalue weighted by atomic mass is 35.5. The van der Waals surface area contributed by atoms with Gasteiger partial charge in [0.15, 0.2) is 0 Å². The zero-order chi connectivity index (χ0) is 13.2. The Labute approximate surface area is 119 Å². The van der Waals surface area contributed by atoms with Gasteiger partial charge in [0, 0.05) is 29.2 Å². The summed E-state index contributed by atoms with van der Waals surface area (Å²) in [5, 5.41) is 0.652. The molecule has 0 aliphatic heterocycles. The van der Waals surface area contributed by atoms with Gasteiger partial charge in [0.25, 0.3) is 0 Å². The van der Waals surface area contributed by atoms with Crippen molar-refractivity contribution in [2.45, 2.75) is 0 Å². The zero-order valence-corrected chi connectivity index (χ0v) is 11.4. The summed E-state index contributed by atoms with van der Waals surface area (Å²) in [6, 6.07) is 11.4. The van der Waals surface area contributed by atoms with Gasteiger partial charge in [0.05, 0.1) is 15.6 Å². The van der Waals surface area contributed by atoms with E-state index in [0.29, 0.717) is 10.7 Å². The molecule has 3 aromatic rings. The molecule has 2 N–H and O–H groups in total. The SMILES string of the molecule is Nc1cc(-c2ccns2)c(Cl)cc1-c1ccccn1. The minimum atomic E-state index is 0.652. The van der Waals surface area contributed by atoms with E-state index in [1.54, 1.807) is 12.4 Å². The molecule has 0 saturated heterocycles. The van der Waals surface area contributed by atoms with E-state index in [1.165, 1.54) is 11.5 Å². The van der Waals surface area contributed by atoms with Gasteiger partial charge in [-0.25, -0.2) is 4.37 Å². The van der Waals surface area contributed by atoms with Gasteiger partial charge in [0.1, 0.15) is 0 Å². The predicted octanol–water partition coefficient (Wildman–Crippen LogP) is 4.11. The number of rotatable bonds is 2. The lowest BCUT2D eigenvalue weighted by Gasteiger charge is -2.09. The van der Waals surface area contributed by atoms with E-state index in [0.717, 1.165) is 21.7 Å². The number of nitrogens with two attached hydrogens (primary N) is 1. The first-order valence-electron chi connectivity index (χ1n) is 5.67. The fraction of sp³-hybridized carbons (Fsp3) is 0. The second kappa shape index (κ2) is 4.99. The molecule has 94 valence electrons. The zero-order valence-electron chi connectivity index (χ0n) is 9.88. The van der Waals surface area contributed by atoms with Crippen molar-refractivity contribution in [3.8, 4) is 21.7 Å². The van der Waals surface area contributed by atoms with Crippen LogP contribution >= 0.6 is 23.1 Å². The van der Waals surface area contributed by atoms with E-state index in [1.807, 2.05) is 36.4 Å². The lowest BCUT2D eigenvalue weighted by Crippen LogP contribution is -1.93. The number of aromatic nitrogens is 2. The molecule has 0 unspecified atom stereocenters. The summed E-state index contributed by atoms with van der Waals surface area (Å²) < 4.78 is 4.08. The van der Waals surface area contributed by atoms with Crippen LogP contribution in [0.4, 0.5) is 5.69 Å². The molecule has 0 aliphatic rings. The van der Waals surface area contributed by atoms with Crippen molar-refractivity contribution in [3.05, 3.63) is 53.8 Å². The van der Waals surface area contributed by atoms with E-state index in [-0.39, 0.29) is 0 Å². The van der Waals surface area contributed by atoms with Crippen molar-refractivity contribution in [2.75, 3.05) is 5.73 Å². The van der Waals surface area contributed by atoms with Crippen LogP contribution in [0.3, 0.4) is 0 Å². The second-order valence-corrected chi connectivity index (χ2v) is 5.25. The Bertz CT molecular complexity index is 696. The molecule has 3 rings (SSSR count). The summed E-state index contributed by atoms with van der Waals surface area (Å²) in [6.45, 7) is 0. The van der Waals surface area contributed by atoms with Crippen LogP contribution in [0.25, 0.3) is 21.7 Å². The van der Waals surface area contributed by atoms with Crippen LogP contribution in [-0.2, 0) is 0 Å². The Hall–Kier alpha value is -1.91. The number of hydrogen-bond acceptors (Lipinski definition) is 4. The highest BCUT2D eigenvalue weighted by Crippen LogP contribution is 2.37. The quantitative estimate of drug-likeness (QED) is 0.722. The van der Waals surface area contributed by atoms with Crippen LogP contribution in [0.1, 0.15) is 0 Å². The first kappa shape index (κ1) is 12.1. The lowest BCUT2D eigenvalue weighted by atomic mass is 10.0. The number of anilines is 1. The molecular weight excluding hydrogens is 278 g/mol. The van der Waals surface area contributed by atoms with Gasteiger partial charge in [0.2, 0.25) is 0 Å². The number of benzene rings is 1. The van der Waals surface area contributed by atoms with Crippen LogP contribution in [-0.4, -0.2) is 9.36 Å². The molecular formula is C14H10ClN3S. The van der Waals surface area contributed by atoms with Crippen molar-refractivity contribution in [2.24, 2.45) is 0 Å². The van der Waals surface area contributed by atoms with Crippen molar-refractivity contribution in [1.82, 2.24) is 9.36 Å². The van der Waals surface area contributed by atoms with Crippen molar-refractivity contribution >= 4 is 28.8 Å². The Morgan fingerprint density at radius 2 is 1.95 bits per heavy atom. The minimum absolute atomic E-state index is 0.652. The number of halogens is 1. The molecule has 1 aromatic carbocycles. The molecule has 0 bridgehead atoms. The third-order valence-electron chi connectivity index (χ3n) is 2.78. The highest BCUT2D eigenvalue weighted by Gasteiger charge is 2.11. The monoisotopic (exact) mass is 287 g/mol. The average molecular weight is 288 g/mol. The molecule has 2 heterocycles. The summed E-state index contributed by atoms with van der Waals surface area (Å²) in [4.78, 5) is 5.30. The third kappa shape index (κ3) is 2.32. The molecule has 0 spiro atoms. The molecule has 19 heavy (non-hydrogen) atoms. The smallest absolute Gasteiger partial charge is 0.0723 e. The predicted molar refractivity (Wildman–Crippen MR) is 80.2 cm³/mol. The summed E-state index contributed by atoms with van der Waals surface area (Å²) in [5.74, 6) is 0. The summed E-state index contributed by atoms with van der Waals surface area (Å²) in [6.07, 6.45) is 3.49. The average Bonchev–Trinajstić information content (AvgIpc) is 2.96. The van der Waals surface area contributed by atoms with Gasteiger partial charge in [-0.05, 0) is 41.9 Å². The number of nitrogen functional groups attached to an aromatic ring is 1. The maximum absolute atomic E-state index is 6.34. The maximum atomic E-state index is 6.34. The van der Waals surface area contributed by atoms with Gasteiger partial charge in [-0.15, -0.1) is 0 Å². The molecule has 0 fully saturated rings. The molecule has 0 aliphatic carbocycles. The second-order valence-electron chi connectivity index (χ2n) is 4.01. The normalized spacial score (nSPS) is 10.6. The molecule has 0 radical (unpaired) electrons. The third-order valence-corrected chi connectivity index (χ3v) is 3.88. The fourth-order valence-electron chi connectivity index (χ4n) is 1.88. The van der Waals surface area contributed by atoms with E-state index in [4.69, 9.17) is 17.3 Å². The minimum Gasteiger partial charge on any atom is -0.398 e. The first-order valence-corrected chi connectivity index (χ1v) is 6.82. The Balaban J connectivity index is 2.14. The fourth-order valence-corrected chi connectivity index (χ4v) is 2.82. The molecule has 2 aromatic heterocycles. The Morgan fingerprint density at radius 1 is 1.05 bits per heavy atom. The van der Waals surface area contributed by atoms with E-state index < -0.39 is 0 Å². The van der Waals surface area contributed by atoms with Crippen LogP contribution < -0.4 is 5.73 Å². The largest absolute Gasteiger partial charge is 0.398 e. The summed E-state index contributed by atoms with van der Waals surface area (Å²) >= 11 is 7.73. The molecule has 0 amide bonds. The van der Waals surface area contributed by atoms with Crippen LogP contribution in [0, 0.1) is 0 Å². The van der Waals surface area contributed by atoms with Crippen molar-refractivity contribution in [1.29, 1.82) is 0 Å². The Morgan fingerprint density at radius 3 is 2.63 bits per heavy atom. The van der Waals surface area contributed by atoms with Crippen molar-refractivity contribution in [3.63, 3.8) is 0 Å².